The summed E-state index contributed by atoms with van der Waals surface area (Å²) in [6.07, 6.45) is 7.17. The van der Waals surface area contributed by atoms with Crippen molar-refractivity contribution >= 4 is 11.6 Å². The summed E-state index contributed by atoms with van der Waals surface area (Å²) in [5.74, 6) is -0.677. The van der Waals surface area contributed by atoms with Crippen LogP contribution in [0.4, 0.5) is 8.78 Å². The summed E-state index contributed by atoms with van der Waals surface area (Å²) in [6.45, 7) is 7.35. The Hall–Kier alpha value is -3.41. The van der Waals surface area contributed by atoms with Gasteiger partial charge in [0.05, 0.1) is 0 Å². The minimum absolute atomic E-state index is 0.0781. The van der Waals surface area contributed by atoms with E-state index in [1.807, 2.05) is 50.3 Å². The predicted octanol–water partition coefficient (Wildman–Crippen LogP) is 5.73. The van der Waals surface area contributed by atoms with Crippen LogP contribution in [-0.4, -0.2) is 23.0 Å². The van der Waals surface area contributed by atoms with Crippen LogP contribution in [0.15, 0.2) is 89.4 Å². The number of allylic oxidation sites excluding steroid dienone is 5. The Morgan fingerprint density at radius 3 is 2.55 bits per heavy atom. The van der Waals surface area contributed by atoms with Gasteiger partial charge in [-0.3, -0.25) is 9.78 Å². The molecule has 0 aliphatic rings. The van der Waals surface area contributed by atoms with E-state index in [0.29, 0.717) is 11.3 Å². The van der Waals surface area contributed by atoms with Crippen molar-refractivity contribution in [2.24, 2.45) is 4.99 Å². The Kier molecular flexibility index (Phi) is 9.00. The maximum absolute atomic E-state index is 13.7. The number of pyridine rings is 1. The molecule has 2 aromatic rings. The molecule has 0 aliphatic carbocycles. The molecule has 1 heterocycles. The Morgan fingerprint density at radius 2 is 1.94 bits per heavy atom. The summed E-state index contributed by atoms with van der Waals surface area (Å²) >= 11 is 0. The number of aromatic nitrogens is 1. The molecule has 0 spiro atoms. The molecule has 2 rings (SSSR count). The predicted molar refractivity (Wildman–Crippen MR) is 121 cm³/mol. The van der Waals surface area contributed by atoms with Crippen molar-refractivity contribution in [2.45, 2.75) is 40.2 Å². The van der Waals surface area contributed by atoms with Gasteiger partial charge in [-0.1, -0.05) is 60.2 Å². The molecule has 1 aromatic carbocycles. The Morgan fingerprint density at radius 1 is 1.16 bits per heavy atom. The molecule has 1 atom stereocenters. The van der Waals surface area contributed by atoms with Gasteiger partial charge in [-0.25, -0.2) is 13.8 Å². The Labute approximate surface area is 182 Å². The quantitative estimate of drug-likeness (QED) is 0.335. The molecule has 1 aromatic heterocycles. The number of hydrogen-bond donors (Lipinski definition) is 1. The monoisotopic (exact) mass is 423 g/mol. The third-order valence-corrected chi connectivity index (χ3v) is 4.54. The fourth-order valence-electron chi connectivity index (χ4n) is 2.87. The second-order valence-electron chi connectivity index (χ2n) is 7.06. The number of carbonyl (C=O) groups is 1. The van der Waals surface area contributed by atoms with Crippen LogP contribution in [0.5, 0.6) is 0 Å². The van der Waals surface area contributed by atoms with Crippen molar-refractivity contribution in [3.8, 4) is 0 Å². The van der Waals surface area contributed by atoms with Gasteiger partial charge >= 0.3 is 0 Å². The van der Waals surface area contributed by atoms with Gasteiger partial charge in [0.25, 0.3) is 12.3 Å². The number of alkyl halides is 2. The van der Waals surface area contributed by atoms with Gasteiger partial charge < -0.3 is 5.32 Å². The molecule has 0 aliphatic heterocycles. The highest BCUT2D eigenvalue weighted by Crippen LogP contribution is 2.21. The highest BCUT2D eigenvalue weighted by molar-refractivity contribution is 6.04. The summed E-state index contributed by atoms with van der Waals surface area (Å²) in [7, 11) is 0. The van der Waals surface area contributed by atoms with Gasteiger partial charge in [-0.05, 0) is 50.5 Å². The Bertz CT molecular complexity index is 1010. The fraction of sp³-hybridized carbons (Fsp3) is 0.240. The van der Waals surface area contributed by atoms with Gasteiger partial charge in [0.1, 0.15) is 11.7 Å². The number of nitrogens with one attached hydrogen (secondary N) is 1. The number of carbonyl (C=O) groups excluding carboxylic acids is 1. The molecule has 1 N–H and O–H groups in total. The highest BCUT2D eigenvalue weighted by Gasteiger charge is 2.26. The molecule has 31 heavy (non-hydrogen) atoms. The van der Waals surface area contributed by atoms with Crippen LogP contribution in [0.1, 0.15) is 43.5 Å². The van der Waals surface area contributed by atoms with Gasteiger partial charge in [-0.15, -0.1) is 0 Å². The summed E-state index contributed by atoms with van der Waals surface area (Å²) in [4.78, 5) is 21.5. The van der Waals surface area contributed by atoms with Crippen LogP contribution in [0.3, 0.4) is 0 Å². The first-order valence-electron chi connectivity index (χ1n) is 9.95. The zero-order valence-corrected chi connectivity index (χ0v) is 18.1. The standard InChI is InChI=1S/C25H27F2N3O/c1-5-6-7-11-18(3)22(29-19(4)20-12-8-10-17(2)15-20)25(31)30-23(24(26)27)21-13-9-14-28-16-21/h5-16,23-24H,1-4H3,(H,30,31)/b6-5-,11-7-,22-18+,29-19?. The zero-order chi connectivity index (χ0) is 22.8. The zero-order valence-electron chi connectivity index (χ0n) is 18.1. The summed E-state index contributed by atoms with van der Waals surface area (Å²) in [5, 5.41) is 2.43. The average molecular weight is 424 g/mol. The molecule has 0 radical (unpaired) electrons. The lowest BCUT2D eigenvalue weighted by Gasteiger charge is -2.19. The molecule has 4 nitrogen and oxygen atoms in total. The highest BCUT2D eigenvalue weighted by atomic mass is 19.3. The van der Waals surface area contributed by atoms with Gasteiger partial charge in [0.15, 0.2) is 0 Å². The van der Waals surface area contributed by atoms with Crippen LogP contribution in [0.2, 0.25) is 0 Å². The maximum Gasteiger partial charge on any atom is 0.270 e. The second-order valence-corrected chi connectivity index (χ2v) is 7.06. The second kappa shape index (κ2) is 11.7. The molecule has 0 bridgehead atoms. The van der Waals surface area contributed by atoms with E-state index in [-0.39, 0.29) is 11.3 Å². The van der Waals surface area contributed by atoms with Gasteiger partial charge in [-0.2, -0.15) is 0 Å². The first-order chi connectivity index (χ1) is 14.8. The van der Waals surface area contributed by atoms with Crippen LogP contribution in [-0.2, 0) is 4.79 Å². The number of rotatable bonds is 8. The van der Waals surface area contributed by atoms with Crippen molar-refractivity contribution in [1.82, 2.24) is 10.3 Å². The number of benzene rings is 1. The molecular formula is C25H27F2N3O. The van der Waals surface area contributed by atoms with E-state index < -0.39 is 18.4 Å². The summed E-state index contributed by atoms with van der Waals surface area (Å²) in [6, 6.07) is 9.29. The van der Waals surface area contributed by atoms with Crippen molar-refractivity contribution in [3.63, 3.8) is 0 Å². The van der Waals surface area contributed by atoms with Crippen molar-refractivity contribution in [2.75, 3.05) is 0 Å². The minimum atomic E-state index is -2.80. The lowest BCUT2D eigenvalue weighted by atomic mass is 10.1. The normalized spacial score (nSPS) is 14.2. The molecule has 0 saturated heterocycles. The van der Waals surface area contributed by atoms with Gasteiger partial charge in [0, 0.05) is 18.1 Å². The maximum atomic E-state index is 13.7. The lowest BCUT2D eigenvalue weighted by Crippen LogP contribution is -2.34. The molecule has 1 amide bonds. The van der Waals surface area contributed by atoms with E-state index in [9.17, 15) is 13.6 Å². The molecule has 0 fully saturated rings. The van der Waals surface area contributed by atoms with E-state index in [1.54, 1.807) is 32.1 Å². The van der Waals surface area contributed by atoms with E-state index in [0.717, 1.165) is 11.1 Å². The molecular weight excluding hydrogens is 396 g/mol. The summed E-state index contributed by atoms with van der Waals surface area (Å²) < 4.78 is 27.4. The third kappa shape index (κ3) is 7.10. The van der Waals surface area contributed by atoms with Crippen molar-refractivity contribution in [1.29, 1.82) is 0 Å². The van der Waals surface area contributed by atoms with Crippen LogP contribution >= 0.6 is 0 Å². The molecule has 0 saturated carbocycles. The minimum Gasteiger partial charge on any atom is -0.338 e. The number of amides is 1. The molecule has 6 heteroatoms. The van der Waals surface area contributed by atoms with Crippen LogP contribution < -0.4 is 5.32 Å². The van der Waals surface area contributed by atoms with Crippen LogP contribution in [0.25, 0.3) is 0 Å². The van der Waals surface area contributed by atoms with Crippen molar-refractivity contribution < 1.29 is 13.6 Å². The topological polar surface area (TPSA) is 54.4 Å². The first-order valence-corrected chi connectivity index (χ1v) is 9.95. The summed E-state index contributed by atoms with van der Waals surface area (Å²) in [5.41, 5.74) is 3.39. The number of hydrogen-bond acceptors (Lipinski definition) is 3. The number of halogens is 2. The number of nitrogens with zero attached hydrogens (tertiary/aromatic N) is 2. The fourth-order valence-corrected chi connectivity index (χ4v) is 2.87. The van der Waals surface area contributed by atoms with E-state index in [2.05, 4.69) is 15.3 Å². The number of aliphatic imine (C=N–C) groups is 1. The van der Waals surface area contributed by atoms with Crippen molar-refractivity contribution in [3.05, 3.63) is 101 Å². The van der Waals surface area contributed by atoms with Gasteiger partial charge in [0.2, 0.25) is 0 Å². The lowest BCUT2D eigenvalue weighted by molar-refractivity contribution is -0.119. The van der Waals surface area contributed by atoms with E-state index in [4.69, 9.17) is 0 Å². The smallest absolute Gasteiger partial charge is 0.270 e. The third-order valence-electron chi connectivity index (χ3n) is 4.54. The average Bonchev–Trinajstić information content (AvgIpc) is 2.75. The van der Waals surface area contributed by atoms with E-state index >= 15 is 0 Å². The SMILES string of the molecule is C\C=C/C=C\C(C)=C(\N=C(C)c1cccc(C)c1)C(=O)NC(c1cccnc1)C(F)F. The largest absolute Gasteiger partial charge is 0.338 e. The molecule has 1 unspecified atom stereocenters. The number of aryl methyl sites for hydroxylation is 1. The Balaban J connectivity index is 2.45. The van der Waals surface area contributed by atoms with Crippen LogP contribution in [0, 0.1) is 6.92 Å². The first kappa shape index (κ1) is 23.9. The van der Waals surface area contributed by atoms with E-state index in [1.165, 1.54) is 18.5 Å². The molecule has 162 valence electrons.